The quantitative estimate of drug-likeness (QED) is 0.810. The molecule has 0 saturated heterocycles. The van der Waals surface area contributed by atoms with Crippen molar-refractivity contribution in [3.8, 4) is 5.75 Å². The van der Waals surface area contributed by atoms with E-state index in [2.05, 4.69) is 15.7 Å². The summed E-state index contributed by atoms with van der Waals surface area (Å²) >= 11 is 1.21. The van der Waals surface area contributed by atoms with Crippen molar-refractivity contribution in [2.24, 2.45) is 0 Å². The van der Waals surface area contributed by atoms with Crippen molar-refractivity contribution in [2.45, 2.75) is 32.1 Å². The molecule has 0 radical (unpaired) electrons. The Morgan fingerprint density at radius 1 is 1.45 bits per heavy atom. The number of hydrogen-bond donors (Lipinski definition) is 0. The molecule has 2 heterocycles. The average Bonchev–Trinajstić information content (AvgIpc) is 2.96. The van der Waals surface area contributed by atoms with Crippen molar-refractivity contribution < 1.29 is 9.53 Å². The molecule has 0 saturated carbocycles. The van der Waals surface area contributed by atoms with E-state index in [1.807, 2.05) is 25.1 Å². The third-order valence-corrected chi connectivity index (χ3v) is 4.47. The number of para-hydroxylation sites is 1. The first kappa shape index (κ1) is 13.2. The van der Waals surface area contributed by atoms with Crippen LogP contribution in [0.2, 0.25) is 0 Å². The third kappa shape index (κ3) is 2.45. The van der Waals surface area contributed by atoms with Gasteiger partial charge in [-0.1, -0.05) is 29.6 Å². The average molecular weight is 288 g/mol. The number of benzene rings is 1. The normalized spacial score (nSPS) is 17.4. The van der Waals surface area contributed by atoms with Crippen molar-refractivity contribution >= 4 is 17.3 Å². The van der Waals surface area contributed by atoms with Crippen molar-refractivity contribution in [1.29, 1.82) is 0 Å². The van der Waals surface area contributed by atoms with Crippen molar-refractivity contribution in [1.82, 2.24) is 9.59 Å². The lowest BCUT2D eigenvalue weighted by molar-refractivity contribution is 0.0969. The molecule has 2 aromatic rings. The predicted molar refractivity (Wildman–Crippen MR) is 77.5 cm³/mol. The van der Waals surface area contributed by atoms with Crippen LogP contribution in [0.25, 0.3) is 0 Å². The van der Waals surface area contributed by atoms with Crippen molar-refractivity contribution in [2.75, 3.05) is 6.61 Å². The van der Waals surface area contributed by atoms with E-state index in [9.17, 15) is 4.79 Å². The number of rotatable bonds is 4. The molecule has 1 aromatic carbocycles. The molecule has 1 aromatic heterocycles. The lowest BCUT2D eigenvalue weighted by Gasteiger charge is -2.25. The number of fused-ring (bicyclic) bond motifs is 1. The minimum Gasteiger partial charge on any atom is -0.493 e. The summed E-state index contributed by atoms with van der Waals surface area (Å²) in [6, 6.07) is 7.98. The number of aryl methyl sites for hydroxylation is 1. The smallest absolute Gasteiger partial charge is 0.176 e. The first-order chi connectivity index (χ1) is 9.79. The second-order valence-electron chi connectivity index (χ2n) is 4.90. The van der Waals surface area contributed by atoms with Gasteiger partial charge in [0.1, 0.15) is 10.6 Å². The Hall–Kier alpha value is -1.75. The van der Waals surface area contributed by atoms with Crippen molar-refractivity contribution in [3.05, 3.63) is 40.4 Å². The number of carbonyl (C=O) groups excluding carboxylic acids is 1. The molecule has 1 aliphatic heterocycles. The molecular weight excluding hydrogens is 272 g/mol. The van der Waals surface area contributed by atoms with Crippen molar-refractivity contribution in [3.63, 3.8) is 0 Å². The molecule has 0 fully saturated rings. The van der Waals surface area contributed by atoms with Gasteiger partial charge in [-0.05, 0) is 41.9 Å². The van der Waals surface area contributed by atoms with E-state index in [-0.39, 0.29) is 11.7 Å². The van der Waals surface area contributed by atoms with Gasteiger partial charge in [0.25, 0.3) is 0 Å². The van der Waals surface area contributed by atoms with Crippen LogP contribution in [0.15, 0.2) is 24.3 Å². The number of hydrogen-bond acceptors (Lipinski definition) is 5. The summed E-state index contributed by atoms with van der Waals surface area (Å²) in [5.41, 5.74) is 1.96. The van der Waals surface area contributed by atoms with E-state index in [1.165, 1.54) is 11.5 Å². The molecule has 1 atom stereocenters. The molecule has 1 unspecified atom stereocenters. The van der Waals surface area contributed by atoms with Gasteiger partial charge in [-0.15, -0.1) is 5.10 Å². The monoisotopic (exact) mass is 288 g/mol. The highest BCUT2D eigenvalue weighted by Crippen LogP contribution is 2.36. The first-order valence-electron chi connectivity index (χ1n) is 6.85. The zero-order chi connectivity index (χ0) is 13.9. The zero-order valence-corrected chi connectivity index (χ0v) is 12.2. The van der Waals surface area contributed by atoms with E-state index < -0.39 is 0 Å². The Balaban J connectivity index is 1.81. The molecule has 3 rings (SSSR count). The number of Topliss-reactive ketones (excluding diaryl/α,β-unsaturated/α-hetero) is 1. The topological polar surface area (TPSA) is 52.1 Å². The van der Waals surface area contributed by atoms with Crippen LogP contribution in [-0.4, -0.2) is 22.0 Å². The van der Waals surface area contributed by atoms with Gasteiger partial charge < -0.3 is 4.74 Å². The minimum atomic E-state index is 0.151. The largest absolute Gasteiger partial charge is 0.493 e. The van der Waals surface area contributed by atoms with Crippen LogP contribution in [0.1, 0.15) is 46.6 Å². The molecule has 4 nitrogen and oxygen atoms in total. The Bertz CT molecular complexity index is 624. The fourth-order valence-corrected chi connectivity index (χ4v) is 3.29. The molecule has 5 heteroatoms. The summed E-state index contributed by atoms with van der Waals surface area (Å²) in [6.07, 6.45) is 2.15. The zero-order valence-electron chi connectivity index (χ0n) is 11.3. The van der Waals surface area contributed by atoms with Gasteiger partial charge in [0, 0.05) is 6.42 Å². The van der Waals surface area contributed by atoms with Crippen LogP contribution in [-0.2, 0) is 6.42 Å². The van der Waals surface area contributed by atoms with Crippen LogP contribution in [0, 0.1) is 0 Å². The van der Waals surface area contributed by atoms with Gasteiger partial charge in [-0.3, -0.25) is 4.79 Å². The Kier molecular flexibility index (Phi) is 3.78. The second-order valence-corrected chi connectivity index (χ2v) is 5.66. The van der Waals surface area contributed by atoms with E-state index in [0.29, 0.717) is 13.0 Å². The van der Waals surface area contributed by atoms with Gasteiger partial charge in [-0.25, -0.2) is 0 Å². The maximum atomic E-state index is 12.5. The lowest BCUT2D eigenvalue weighted by atomic mass is 9.88. The van der Waals surface area contributed by atoms with Gasteiger partial charge in [0.2, 0.25) is 0 Å². The number of aromatic nitrogens is 2. The summed E-state index contributed by atoms with van der Waals surface area (Å²) in [4.78, 5) is 13.2. The highest BCUT2D eigenvalue weighted by molar-refractivity contribution is 7.08. The Morgan fingerprint density at radius 3 is 3.15 bits per heavy atom. The molecular formula is C15H16N2O2S. The van der Waals surface area contributed by atoms with E-state index >= 15 is 0 Å². The molecule has 0 spiro atoms. The summed E-state index contributed by atoms with van der Waals surface area (Å²) in [6.45, 7) is 2.67. The summed E-state index contributed by atoms with van der Waals surface area (Å²) in [5, 5.41) is 4.02. The number of ketones is 1. The minimum absolute atomic E-state index is 0.151. The summed E-state index contributed by atoms with van der Waals surface area (Å²) < 4.78 is 9.54. The van der Waals surface area contributed by atoms with Gasteiger partial charge in [-0.2, -0.15) is 0 Å². The third-order valence-electron chi connectivity index (χ3n) is 3.66. The van der Waals surface area contributed by atoms with E-state index in [1.54, 1.807) is 0 Å². The lowest BCUT2D eigenvalue weighted by Crippen LogP contribution is -2.17. The molecule has 0 N–H and O–H groups in total. The van der Waals surface area contributed by atoms with Crippen LogP contribution < -0.4 is 4.74 Å². The van der Waals surface area contributed by atoms with E-state index in [0.717, 1.165) is 34.7 Å². The molecule has 104 valence electrons. The first-order valence-corrected chi connectivity index (χ1v) is 7.63. The molecule has 0 bridgehead atoms. The Morgan fingerprint density at radius 2 is 2.30 bits per heavy atom. The molecule has 1 aliphatic rings. The fourth-order valence-electron chi connectivity index (χ4n) is 2.60. The van der Waals surface area contributed by atoms with Crippen LogP contribution in [0.3, 0.4) is 0 Å². The number of ether oxygens (including phenoxy) is 1. The maximum absolute atomic E-state index is 12.5. The number of nitrogens with zero attached hydrogens (tertiary/aromatic N) is 2. The number of carbonyl (C=O) groups is 1. The molecule has 0 aliphatic carbocycles. The molecule has 0 amide bonds. The predicted octanol–water partition coefficient (Wildman–Crippen LogP) is 3.24. The fraction of sp³-hybridized carbons (Fsp3) is 0.400. The Labute approximate surface area is 122 Å². The highest BCUT2D eigenvalue weighted by Gasteiger charge is 2.25. The summed E-state index contributed by atoms with van der Waals surface area (Å²) in [7, 11) is 0. The maximum Gasteiger partial charge on any atom is 0.176 e. The standard InChI is InChI=1S/C15H16N2O2S/c1-2-12-15(20-17-16-12)13(18)9-10-7-8-19-14-6-4-3-5-11(10)14/h3-6,10H,2,7-9H2,1H3. The second kappa shape index (κ2) is 5.71. The van der Waals surface area contributed by atoms with E-state index in [4.69, 9.17) is 4.74 Å². The van der Waals surface area contributed by atoms with Gasteiger partial charge in [0.15, 0.2) is 5.78 Å². The van der Waals surface area contributed by atoms with Crippen LogP contribution in [0.5, 0.6) is 5.75 Å². The summed E-state index contributed by atoms with van der Waals surface area (Å²) in [5.74, 6) is 1.30. The molecule has 20 heavy (non-hydrogen) atoms. The SMILES string of the molecule is CCc1nnsc1C(=O)CC1CCOc2ccccc21. The van der Waals surface area contributed by atoms with Crippen LogP contribution in [0.4, 0.5) is 0 Å². The highest BCUT2D eigenvalue weighted by atomic mass is 32.1. The van der Waals surface area contributed by atoms with Gasteiger partial charge in [0.05, 0.1) is 12.3 Å². The van der Waals surface area contributed by atoms with Crippen LogP contribution >= 0.6 is 11.5 Å². The van der Waals surface area contributed by atoms with Gasteiger partial charge >= 0.3 is 0 Å².